The normalized spacial score (nSPS) is 14.3. The number of nitrogens with zero attached hydrogens (tertiary/aromatic N) is 3. The molecule has 7 heteroatoms. The van der Waals surface area contributed by atoms with Gasteiger partial charge in [-0.05, 0) is 50.5 Å². The second-order valence-electron chi connectivity index (χ2n) is 8.33. The second kappa shape index (κ2) is 10.5. The summed E-state index contributed by atoms with van der Waals surface area (Å²) in [6.45, 7) is 6.00. The first-order valence-corrected chi connectivity index (χ1v) is 12.6. The van der Waals surface area contributed by atoms with Crippen molar-refractivity contribution in [3.05, 3.63) is 75.8 Å². The molecule has 2 amide bonds. The van der Waals surface area contributed by atoms with E-state index in [4.69, 9.17) is 11.6 Å². The molecule has 0 N–H and O–H groups in total. The van der Waals surface area contributed by atoms with Crippen molar-refractivity contribution in [2.45, 2.75) is 39.2 Å². The van der Waals surface area contributed by atoms with Gasteiger partial charge in [-0.15, -0.1) is 11.3 Å². The molecule has 0 aliphatic carbocycles. The molecule has 172 valence electrons. The van der Waals surface area contributed by atoms with Crippen LogP contribution in [0.15, 0.2) is 54.6 Å². The van der Waals surface area contributed by atoms with Crippen molar-refractivity contribution in [1.82, 2.24) is 14.8 Å². The van der Waals surface area contributed by atoms with Gasteiger partial charge in [-0.3, -0.25) is 9.59 Å². The molecule has 1 saturated heterocycles. The highest BCUT2D eigenvalue weighted by molar-refractivity contribution is 7.17. The molecule has 2 heterocycles. The van der Waals surface area contributed by atoms with Crippen LogP contribution in [-0.2, 0) is 0 Å². The van der Waals surface area contributed by atoms with Crippen LogP contribution in [0.2, 0.25) is 5.02 Å². The van der Waals surface area contributed by atoms with Crippen molar-refractivity contribution in [1.29, 1.82) is 0 Å². The number of carbonyl (C=O) groups excluding carboxylic acids is 2. The van der Waals surface area contributed by atoms with E-state index in [0.717, 1.165) is 35.5 Å². The first-order valence-electron chi connectivity index (χ1n) is 11.4. The molecule has 0 saturated carbocycles. The van der Waals surface area contributed by atoms with Gasteiger partial charge in [0.2, 0.25) is 0 Å². The predicted molar refractivity (Wildman–Crippen MR) is 134 cm³/mol. The Hall–Kier alpha value is -2.70. The van der Waals surface area contributed by atoms with Crippen LogP contribution < -0.4 is 0 Å². The molecule has 0 spiro atoms. The average molecular weight is 482 g/mol. The fraction of sp³-hybridized carbons (Fsp3) is 0.346. The highest BCUT2D eigenvalue weighted by Crippen LogP contribution is 2.31. The molecular formula is C26H28ClN3O2S. The summed E-state index contributed by atoms with van der Waals surface area (Å²) in [5, 5.41) is 1.50. The van der Waals surface area contributed by atoms with Crippen molar-refractivity contribution in [3.63, 3.8) is 0 Å². The lowest BCUT2D eigenvalue weighted by Gasteiger charge is -2.38. The van der Waals surface area contributed by atoms with Gasteiger partial charge in [0, 0.05) is 41.8 Å². The zero-order valence-electron chi connectivity index (χ0n) is 19.0. The number of aryl methyl sites for hydroxylation is 1. The van der Waals surface area contributed by atoms with Crippen molar-refractivity contribution in [3.8, 4) is 10.6 Å². The molecule has 1 aliphatic rings. The largest absolute Gasteiger partial charge is 0.338 e. The Morgan fingerprint density at radius 1 is 1.09 bits per heavy atom. The summed E-state index contributed by atoms with van der Waals surface area (Å²) >= 11 is 7.45. The minimum Gasteiger partial charge on any atom is -0.338 e. The van der Waals surface area contributed by atoms with Gasteiger partial charge in [0.15, 0.2) is 0 Å². The number of likely N-dealkylation sites (tertiary alicyclic amines) is 1. The molecule has 0 bridgehead atoms. The lowest BCUT2D eigenvalue weighted by Crippen LogP contribution is -2.49. The molecule has 0 radical (unpaired) electrons. The van der Waals surface area contributed by atoms with Crippen molar-refractivity contribution in [2.75, 3.05) is 19.6 Å². The molecule has 3 aromatic rings. The highest BCUT2D eigenvalue weighted by atomic mass is 35.5. The molecule has 0 atom stereocenters. The van der Waals surface area contributed by atoms with Gasteiger partial charge in [-0.1, -0.05) is 48.9 Å². The quantitative estimate of drug-likeness (QED) is 0.438. The molecule has 1 fully saturated rings. The summed E-state index contributed by atoms with van der Waals surface area (Å²) in [5.41, 5.74) is 2.43. The van der Waals surface area contributed by atoms with Crippen molar-refractivity contribution < 1.29 is 9.59 Å². The number of piperidine rings is 1. The van der Waals surface area contributed by atoms with Crippen LogP contribution in [0.3, 0.4) is 0 Å². The number of aromatic nitrogens is 1. The summed E-state index contributed by atoms with van der Waals surface area (Å²) in [6, 6.07) is 17.0. The molecule has 1 aliphatic heterocycles. The van der Waals surface area contributed by atoms with Gasteiger partial charge in [0.05, 0.1) is 5.69 Å². The molecule has 0 unspecified atom stereocenters. The smallest absolute Gasteiger partial charge is 0.266 e. The van der Waals surface area contributed by atoms with Crippen LogP contribution in [0, 0.1) is 6.92 Å². The Morgan fingerprint density at radius 2 is 1.76 bits per heavy atom. The van der Waals surface area contributed by atoms with Gasteiger partial charge >= 0.3 is 0 Å². The number of thiazole rings is 1. The van der Waals surface area contributed by atoms with E-state index in [-0.39, 0.29) is 17.9 Å². The zero-order valence-corrected chi connectivity index (χ0v) is 20.5. The van der Waals surface area contributed by atoms with Crippen LogP contribution in [0.25, 0.3) is 10.6 Å². The number of rotatable bonds is 6. The van der Waals surface area contributed by atoms with Gasteiger partial charge in [-0.25, -0.2) is 4.98 Å². The van der Waals surface area contributed by atoms with Crippen molar-refractivity contribution >= 4 is 34.8 Å². The molecular weight excluding hydrogens is 454 g/mol. The Bertz CT molecular complexity index is 1110. The van der Waals surface area contributed by atoms with Gasteiger partial charge in [-0.2, -0.15) is 0 Å². The summed E-state index contributed by atoms with van der Waals surface area (Å²) < 4.78 is 0. The number of hydrogen-bond acceptors (Lipinski definition) is 4. The summed E-state index contributed by atoms with van der Waals surface area (Å²) in [4.78, 5) is 35.6. The van der Waals surface area contributed by atoms with E-state index >= 15 is 0 Å². The minimum atomic E-state index is 0.0416. The summed E-state index contributed by atoms with van der Waals surface area (Å²) in [5.74, 6) is 0.105. The van der Waals surface area contributed by atoms with E-state index in [1.807, 2.05) is 71.3 Å². The first-order chi connectivity index (χ1) is 16.0. The van der Waals surface area contributed by atoms with Gasteiger partial charge < -0.3 is 9.80 Å². The number of amides is 2. The maximum absolute atomic E-state index is 13.6. The lowest BCUT2D eigenvalue weighted by molar-refractivity contribution is 0.0522. The number of halogens is 1. The Labute approximate surface area is 204 Å². The van der Waals surface area contributed by atoms with Crippen LogP contribution in [-0.4, -0.2) is 52.3 Å². The van der Waals surface area contributed by atoms with Crippen LogP contribution >= 0.6 is 22.9 Å². The van der Waals surface area contributed by atoms with Gasteiger partial charge in [0.1, 0.15) is 9.88 Å². The van der Waals surface area contributed by atoms with E-state index in [9.17, 15) is 9.59 Å². The first kappa shape index (κ1) is 23.5. The summed E-state index contributed by atoms with van der Waals surface area (Å²) in [6.07, 6.45) is 2.45. The molecule has 1 aromatic heterocycles. The average Bonchev–Trinajstić information content (AvgIpc) is 3.24. The Kier molecular flexibility index (Phi) is 7.46. The minimum absolute atomic E-state index is 0.0416. The van der Waals surface area contributed by atoms with E-state index < -0.39 is 0 Å². The zero-order chi connectivity index (χ0) is 23.4. The standard InChI is InChI=1S/C26H28ClN3O2S/c1-3-15-30(22-13-16-29(17-14-22)25(31)20-7-5-4-6-8-20)26(32)23-18(2)28-24(33-23)19-9-11-21(27)12-10-19/h4-12,22H,3,13-17H2,1-2H3. The summed E-state index contributed by atoms with van der Waals surface area (Å²) in [7, 11) is 0. The number of carbonyl (C=O) groups is 2. The maximum atomic E-state index is 13.6. The molecule has 5 nitrogen and oxygen atoms in total. The SMILES string of the molecule is CCCN(C(=O)c1sc(-c2ccc(Cl)cc2)nc1C)C1CCN(C(=O)c2ccccc2)CC1. The molecule has 4 rings (SSSR count). The topological polar surface area (TPSA) is 53.5 Å². The fourth-order valence-electron chi connectivity index (χ4n) is 4.28. The van der Waals surface area contributed by atoms with E-state index in [1.54, 1.807) is 0 Å². The van der Waals surface area contributed by atoms with Crippen LogP contribution in [0.5, 0.6) is 0 Å². The monoisotopic (exact) mass is 481 g/mol. The Morgan fingerprint density at radius 3 is 2.39 bits per heavy atom. The third-order valence-corrected chi connectivity index (χ3v) is 7.47. The third kappa shape index (κ3) is 5.28. The number of hydrogen-bond donors (Lipinski definition) is 0. The van der Waals surface area contributed by atoms with Crippen LogP contribution in [0.4, 0.5) is 0 Å². The predicted octanol–water partition coefficient (Wildman–Crippen LogP) is 5.93. The molecule has 2 aromatic carbocycles. The van der Waals surface area contributed by atoms with E-state index in [2.05, 4.69) is 11.9 Å². The fourth-order valence-corrected chi connectivity index (χ4v) is 5.43. The highest BCUT2D eigenvalue weighted by Gasteiger charge is 2.31. The Balaban J connectivity index is 1.47. The van der Waals surface area contributed by atoms with E-state index in [1.165, 1.54) is 11.3 Å². The third-order valence-electron chi connectivity index (χ3n) is 6.02. The second-order valence-corrected chi connectivity index (χ2v) is 9.76. The van der Waals surface area contributed by atoms with Crippen molar-refractivity contribution in [2.24, 2.45) is 0 Å². The van der Waals surface area contributed by atoms with E-state index in [0.29, 0.717) is 35.1 Å². The maximum Gasteiger partial charge on any atom is 0.266 e. The van der Waals surface area contributed by atoms with Crippen LogP contribution in [0.1, 0.15) is 51.9 Å². The molecule has 33 heavy (non-hydrogen) atoms. The number of benzene rings is 2. The lowest BCUT2D eigenvalue weighted by atomic mass is 10.0. The van der Waals surface area contributed by atoms with Gasteiger partial charge in [0.25, 0.3) is 11.8 Å².